The van der Waals surface area contributed by atoms with Gasteiger partial charge in [-0.1, -0.05) is 18.2 Å². The first-order chi connectivity index (χ1) is 14.3. The summed E-state index contributed by atoms with van der Waals surface area (Å²) in [7, 11) is -2.08. The van der Waals surface area contributed by atoms with Gasteiger partial charge in [-0.3, -0.25) is 4.79 Å². The third-order valence-electron chi connectivity index (χ3n) is 4.98. The second kappa shape index (κ2) is 9.59. The average molecular weight is 433 g/mol. The van der Waals surface area contributed by atoms with E-state index in [0.29, 0.717) is 31.6 Å². The molecule has 0 saturated carbocycles. The summed E-state index contributed by atoms with van der Waals surface area (Å²) in [6.07, 6.45) is 0.318. The highest BCUT2D eigenvalue weighted by molar-refractivity contribution is 7.89. The predicted molar refractivity (Wildman–Crippen MR) is 114 cm³/mol. The number of carbonyl (C=O) groups is 1. The quantitative estimate of drug-likeness (QED) is 0.727. The largest absolute Gasteiger partial charge is 0.497 e. The van der Waals surface area contributed by atoms with Gasteiger partial charge in [-0.15, -0.1) is 0 Å². The van der Waals surface area contributed by atoms with Crippen molar-refractivity contribution in [2.45, 2.75) is 37.4 Å². The van der Waals surface area contributed by atoms with E-state index >= 15 is 0 Å². The molecule has 2 atom stereocenters. The summed E-state index contributed by atoms with van der Waals surface area (Å²) in [5.74, 6) is 0.481. The average Bonchev–Trinajstić information content (AvgIpc) is 2.73. The lowest BCUT2D eigenvalue weighted by molar-refractivity contribution is -0.0440. The van der Waals surface area contributed by atoms with Gasteiger partial charge in [0.2, 0.25) is 10.0 Å². The number of amides is 1. The minimum Gasteiger partial charge on any atom is -0.497 e. The molecule has 2 aromatic rings. The summed E-state index contributed by atoms with van der Waals surface area (Å²) >= 11 is 0. The molecule has 1 heterocycles. The van der Waals surface area contributed by atoms with Gasteiger partial charge in [0.25, 0.3) is 5.91 Å². The number of carbonyl (C=O) groups excluding carboxylic acids is 1. The van der Waals surface area contributed by atoms with Gasteiger partial charge in [0.15, 0.2) is 0 Å². The lowest BCUT2D eigenvalue weighted by Gasteiger charge is -2.34. The van der Waals surface area contributed by atoms with Crippen LogP contribution in [0.15, 0.2) is 53.4 Å². The molecule has 162 valence electrons. The van der Waals surface area contributed by atoms with Crippen molar-refractivity contribution in [3.05, 3.63) is 59.7 Å². The maximum absolute atomic E-state index is 13.0. The zero-order valence-corrected chi connectivity index (χ0v) is 18.3. The minimum atomic E-state index is -3.69. The Hall–Kier alpha value is -2.42. The summed E-state index contributed by atoms with van der Waals surface area (Å²) in [5.41, 5.74) is 1.39. The summed E-state index contributed by atoms with van der Waals surface area (Å²) < 4.78 is 38.2. The molecule has 2 unspecified atom stereocenters. The first kappa shape index (κ1) is 22.3. The Labute approximate surface area is 178 Å². The van der Waals surface area contributed by atoms with E-state index in [2.05, 4.69) is 5.32 Å². The molecule has 30 heavy (non-hydrogen) atoms. The van der Waals surface area contributed by atoms with Crippen molar-refractivity contribution in [3.8, 4) is 5.75 Å². The topological polar surface area (TPSA) is 84.9 Å². The molecule has 0 bridgehead atoms. The normalized spacial score (nSPS) is 20.0. The van der Waals surface area contributed by atoms with Gasteiger partial charge < -0.3 is 14.8 Å². The molecule has 0 radical (unpaired) electrons. The summed E-state index contributed by atoms with van der Waals surface area (Å²) in [5, 5.41) is 2.85. The van der Waals surface area contributed by atoms with Gasteiger partial charge in [-0.05, 0) is 56.2 Å². The van der Waals surface area contributed by atoms with Gasteiger partial charge in [-0.2, -0.15) is 4.31 Å². The van der Waals surface area contributed by atoms with Gasteiger partial charge in [0, 0.05) is 25.2 Å². The third-order valence-corrected chi connectivity index (χ3v) is 6.81. The molecule has 1 N–H and O–H groups in total. The zero-order valence-electron chi connectivity index (χ0n) is 17.5. The molecule has 2 aromatic carbocycles. The smallest absolute Gasteiger partial charge is 0.251 e. The molecule has 0 aromatic heterocycles. The molecular formula is C22H28N2O5S. The van der Waals surface area contributed by atoms with E-state index < -0.39 is 10.0 Å². The number of benzene rings is 2. The monoisotopic (exact) mass is 432 g/mol. The summed E-state index contributed by atoms with van der Waals surface area (Å²) in [4.78, 5) is 12.7. The fourth-order valence-corrected chi connectivity index (χ4v) is 5.13. The van der Waals surface area contributed by atoms with Gasteiger partial charge in [0.1, 0.15) is 5.75 Å². The Morgan fingerprint density at radius 3 is 2.43 bits per heavy atom. The first-order valence-electron chi connectivity index (χ1n) is 9.96. The Kier molecular flexibility index (Phi) is 7.12. The zero-order chi connectivity index (χ0) is 21.7. The van der Waals surface area contributed by atoms with E-state index in [0.717, 1.165) is 11.3 Å². The molecular weight excluding hydrogens is 404 g/mol. The van der Waals surface area contributed by atoms with Crippen molar-refractivity contribution in [1.29, 1.82) is 0 Å². The summed E-state index contributed by atoms with van der Waals surface area (Å²) in [6.45, 7) is 4.74. The van der Waals surface area contributed by atoms with Crippen LogP contribution in [0.2, 0.25) is 0 Å². The van der Waals surface area contributed by atoms with Crippen LogP contribution in [0.3, 0.4) is 0 Å². The van der Waals surface area contributed by atoms with E-state index in [1.165, 1.54) is 16.4 Å². The van der Waals surface area contributed by atoms with Crippen LogP contribution in [0.4, 0.5) is 0 Å². The van der Waals surface area contributed by atoms with Crippen LogP contribution in [0.5, 0.6) is 5.75 Å². The summed E-state index contributed by atoms with van der Waals surface area (Å²) in [6, 6.07) is 13.8. The molecule has 8 heteroatoms. The molecule has 1 aliphatic heterocycles. The van der Waals surface area contributed by atoms with Crippen LogP contribution in [-0.2, 0) is 21.2 Å². The molecule has 1 saturated heterocycles. The van der Waals surface area contributed by atoms with Crippen molar-refractivity contribution in [2.75, 3.05) is 26.7 Å². The highest BCUT2D eigenvalue weighted by atomic mass is 32.2. The van der Waals surface area contributed by atoms with E-state index in [9.17, 15) is 13.2 Å². The highest BCUT2D eigenvalue weighted by Gasteiger charge is 2.32. The maximum Gasteiger partial charge on any atom is 0.251 e. The number of sulfonamides is 1. The molecule has 3 rings (SSSR count). The third kappa shape index (κ3) is 5.38. The second-order valence-corrected chi connectivity index (χ2v) is 9.40. The van der Waals surface area contributed by atoms with Crippen molar-refractivity contribution >= 4 is 15.9 Å². The molecule has 7 nitrogen and oxygen atoms in total. The number of morpholine rings is 1. The van der Waals surface area contributed by atoms with Crippen LogP contribution in [-0.4, -0.2) is 57.6 Å². The SMILES string of the molecule is COc1ccc(CCNC(=O)c2cccc(S(=O)(=O)N3CC(C)OC(C)C3)c2)cc1. The van der Waals surface area contributed by atoms with Crippen LogP contribution >= 0.6 is 0 Å². The molecule has 1 aliphatic rings. The lowest BCUT2D eigenvalue weighted by atomic mass is 10.1. The van der Waals surface area contributed by atoms with Gasteiger partial charge in [0.05, 0.1) is 24.2 Å². The van der Waals surface area contributed by atoms with Crippen LogP contribution in [0, 0.1) is 0 Å². The van der Waals surface area contributed by atoms with E-state index in [1.807, 2.05) is 38.1 Å². The van der Waals surface area contributed by atoms with E-state index in [-0.39, 0.29) is 23.0 Å². The van der Waals surface area contributed by atoms with Crippen molar-refractivity contribution in [2.24, 2.45) is 0 Å². The van der Waals surface area contributed by atoms with Crippen LogP contribution in [0.1, 0.15) is 29.8 Å². The minimum absolute atomic E-state index is 0.117. The second-order valence-electron chi connectivity index (χ2n) is 7.46. The number of rotatable bonds is 7. The molecule has 1 fully saturated rings. The number of nitrogens with zero attached hydrogens (tertiary/aromatic N) is 1. The molecule has 0 spiro atoms. The molecule has 1 amide bonds. The van der Waals surface area contributed by atoms with E-state index in [4.69, 9.17) is 9.47 Å². The lowest BCUT2D eigenvalue weighted by Crippen LogP contribution is -2.48. The Bertz CT molecular complexity index is 965. The fraction of sp³-hybridized carbons (Fsp3) is 0.409. The Morgan fingerprint density at radius 1 is 1.13 bits per heavy atom. The number of hydrogen-bond donors (Lipinski definition) is 1. The van der Waals surface area contributed by atoms with Gasteiger partial charge in [-0.25, -0.2) is 8.42 Å². The van der Waals surface area contributed by atoms with E-state index in [1.54, 1.807) is 19.2 Å². The number of methoxy groups -OCH3 is 1. The number of nitrogens with one attached hydrogen (secondary N) is 1. The van der Waals surface area contributed by atoms with Crippen LogP contribution in [0.25, 0.3) is 0 Å². The van der Waals surface area contributed by atoms with Gasteiger partial charge >= 0.3 is 0 Å². The Morgan fingerprint density at radius 2 is 1.80 bits per heavy atom. The van der Waals surface area contributed by atoms with Crippen molar-refractivity contribution in [3.63, 3.8) is 0 Å². The fourth-order valence-electron chi connectivity index (χ4n) is 3.49. The highest BCUT2D eigenvalue weighted by Crippen LogP contribution is 2.22. The molecule has 0 aliphatic carbocycles. The standard InChI is InChI=1S/C22H28N2O5S/c1-16-14-24(15-17(2)29-16)30(26,27)21-6-4-5-19(13-21)22(25)23-12-11-18-7-9-20(28-3)10-8-18/h4-10,13,16-17H,11-12,14-15H2,1-3H3,(H,23,25). The first-order valence-corrected chi connectivity index (χ1v) is 11.4. The van der Waals surface area contributed by atoms with Crippen LogP contribution < -0.4 is 10.1 Å². The Balaban J connectivity index is 1.64. The predicted octanol–water partition coefficient (Wildman–Crippen LogP) is 2.47. The van der Waals surface area contributed by atoms with Crippen molar-refractivity contribution < 1.29 is 22.7 Å². The maximum atomic E-state index is 13.0. The number of ether oxygens (including phenoxy) is 2. The number of hydrogen-bond acceptors (Lipinski definition) is 5. The van der Waals surface area contributed by atoms with Crippen molar-refractivity contribution in [1.82, 2.24) is 9.62 Å².